The molecule has 0 aliphatic heterocycles. The van der Waals surface area contributed by atoms with Gasteiger partial charge in [0.25, 0.3) is 0 Å². The number of halogens is 3. The van der Waals surface area contributed by atoms with Crippen LogP contribution in [-0.2, 0) is 22.9 Å². The molecule has 0 aliphatic rings. The van der Waals surface area contributed by atoms with Gasteiger partial charge in [0.1, 0.15) is 6.61 Å². The van der Waals surface area contributed by atoms with Crippen LogP contribution < -0.4 is 4.74 Å². The average Bonchev–Trinajstić information content (AvgIpc) is 2.42. The molecule has 0 spiro atoms. The molecule has 0 radical (unpaired) electrons. The molecule has 2 aromatic carbocycles. The Morgan fingerprint density at radius 2 is 1.89 bits per heavy atom. The molecule has 0 heterocycles. The topological polar surface area (TPSA) is 9.23 Å². The van der Waals surface area contributed by atoms with Crippen molar-refractivity contribution in [2.45, 2.75) is 6.61 Å². The molecular weight excluding hydrogens is 372 g/mol. The summed E-state index contributed by atoms with van der Waals surface area (Å²) in [6, 6.07) is 14.3. The summed E-state index contributed by atoms with van der Waals surface area (Å²) in [7, 11) is 0. The van der Waals surface area contributed by atoms with Gasteiger partial charge in [-0.15, -0.1) is 12.1 Å². The Morgan fingerprint density at radius 3 is 2.50 bits per heavy atom. The second-order valence-corrected chi connectivity index (χ2v) is 3.71. The van der Waals surface area contributed by atoms with E-state index in [1.165, 1.54) is 22.4 Å². The average molecular weight is 381 g/mol. The summed E-state index contributed by atoms with van der Waals surface area (Å²) >= 11 is 10.00. The summed E-state index contributed by atoms with van der Waals surface area (Å²) in [5.41, 5.74) is 0.941. The summed E-state index contributed by atoms with van der Waals surface area (Å²) in [5, 5.41) is 0.671. The van der Waals surface area contributed by atoms with E-state index in [4.69, 9.17) is 16.3 Å². The normalized spacial score (nSPS) is 9.39. The van der Waals surface area contributed by atoms with Gasteiger partial charge < -0.3 is 4.74 Å². The van der Waals surface area contributed by atoms with Crippen molar-refractivity contribution in [1.82, 2.24) is 0 Å². The second-order valence-electron chi connectivity index (χ2n) is 3.27. The third-order valence-electron chi connectivity index (χ3n) is 2.08. The molecule has 0 N–H and O–H groups in total. The first-order valence-corrected chi connectivity index (χ1v) is 12.4. The van der Waals surface area contributed by atoms with Gasteiger partial charge in [-0.05, 0) is 17.7 Å². The zero-order valence-electron chi connectivity index (χ0n) is 9.50. The van der Waals surface area contributed by atoms with Crippen molar-refractivity contribution in [3.63, 3.8) is 0 Å². The number of rotatable bonds is 3. The van der Waals surface area contributed by atoms with Crippen LogP contribution in [-0.4, -0.2) is 0 Å². The van der Waals surface area contributed by atoms with Crippen LogP contribution in [0.15, 0.2) is 42.5 Å². The van der Waals surface area contributed by atoms with Gasteiger partial charge in [0, 0.05) is 16.6 Å². The van der Waals surface area contributed by atoms with E-state index in [-0.39, 0.29) is 5.75 Å². The Labute approximate surface area is 127 Å². The van der Waals surface area contributed by atoms with Gasteiger partial charge in [0.2, 0.25) is 0 Å². The van der Waals surface area contributed by atoms with E-state index in [0.717, 1.165) is 5.56 Å². The van der Waals surface area contributed by atoms with E-state index in [9.17, 15) is 4.39 Å². The van der Waals surface area contributed by atoms with Crippen molar-refractivity contribution in [3.8, 4) is 5.75 Å². The van der Waals surface area contributed by atoms with Gasteiger partial charge in [-0.3, -0.25) is 4.39 Å². The molecule has 90 valence electrons. The molecule has 0 atom stereocenters. The molecule has 18 heavy (non-hydrogen) atoms. The molecule has 0 aliphatic carbocycles. The maximum atomic E-state index is 13.2. The number of hydrogen-bond donors (Lipinski definition) is 0. The van der Waals surface area contributed by atoms with Crippen molar-refractivity contribution in [2.75, 3.05) is 0 Å². The van der Waals surface area contributed by atoms with Crippen LogP contribution in [0.2, 0.25) is 5.02 Å². The van der Waals surface area contributed by atoms with Gasteiger partial charge >= 0.3 is 30.0 Å². The number of hydrogen-bond acceptors (Lipinski definition) is 1. The summed E-state index contributed by atoms with van der Waals surface area (Å²) < 4.78 is 18.5. The van der Waals surface area contributed by atoms with Crippen LogP contribution in [0.3, 0.4) is 0 Å². The first-order chi connectivity index (χ1) is 8.75. The van der Waals surface area contributed by atoms with Crippen molar-refractivity contribution >= 4 is 25.2 Å². The molecule has 0 saturated heterocycles. The molecule has 2 rings (SSSR count). The fraction of sp³-hybridized carbons (Fsp3) is 0.0769. The first kappa shape index (κ1) is 15.6. The van der Waals surface area contributed by atoms with E-state index in [1.807, 2.05) is 12.1 Å². The third kappa shape index (κ3) is 5.05. The van der Waals surface area contributed by atoms with Crippen LogP contribution in [0.25, 0.3) is 0 Å². The Hall–Kier alpha value is -0.437. The monoisotopic (exact) mass is 378 g/mol. The standard InChI is InChI=1S/C13H9ClFO.BrH.Zn/c14-11-7-5-10(6-8-11)9-16-13-4-2-1-3-12(13)15;;/h2-8H,9H2;1H;/q-1;;+2/p-1. The summed E-state index contributed by atoms with van der Waals surface area (Å²) in [6.07, 6.45) is 0. The number of benzene rings is 2. The summed E-state index contributed by atoms with van der Waals surface area (Å²) in [6.45, 7) is 0.318. The van der Waals surface area contributed by atoms with Crippen LogP contribution in [0.1, 0.15) is 5.56 Å². The quantitative estimate of drug-likeness (QED) is 0.554. The SMILES string of the molecule is Fc1c[c-]ccc1OCc1ccc(Cl)cc1.[Zn+][Br]. The molecule has 0 aromatic heterocycles. The molecule has 2 aromatic rings. The Bertz CT molecular complexity index is 479. The van der Waals surface area contributed by atoms with Crippen LogP contribution >= 0.6 is 25.2 Å². The Balaban J connectivity index is 0.000000771. The van der Waals surface area contributed by atoms with E-state index in [0.29, 0.717) is 11.6 Å². The second kappa shape index (κ2) is 8.63. The van der Waals surface area contributed by atoms with Gasteiger partial charge in [-0.2, -0.15) is 12.1 Å². The predicted octanol–water partition coefficient (Wildman–Crippen LogP) is 4.70. The molecule has 0 saturated carbocycles. The van der Waals surface area contributed by atoms with Crippen molar-refractivity contribution in [3.05, 3.63) is 64.9 Å². The van der Waals surface area contributed by atoms with Crippen LogP contribution in [0.5, 0.6) is 5.75 Å². The fourth-order valence-electron chi connectivity index (χ4n) is 1.25. The van der Waals surface area contributed by atoms with Crippen LogP contribution in [0, 0.1) is 11.9 Å². The van der Waals surface area contributed by atoms with E-state index in [2.05, 4.69) is 19.7 Å². The fourth-order valence-corrected chi connectivity index (χ4v) is 1.38. The molecule has 5 heteroatoms. The summed E-state index contributed by atoms with van der Waals surface area (Å²) in [5.74, 6) is -0.176. The van der Waals surface area contributed by atoms with Gasteiger partial charge in [0.15, 0.2) is 0 Å². The predicted molar refractivity (Wildman–Crippen MR) is 69.9 cm³/mol. The van der Waals surface area contributed by atoms with Crippen molar-refractivity contribution < 1.29 is 25.5 Å². The van der Waals surface area contributed by atoms with Crippen molar-refractivity contribution in [2.24, 2.45) is 0 Å². The zero-order chi connectivity index (χ0) is 13.4. The first-order valence-electron chi connectivity index (χ1n) is 5.05. The maximum absolute atomic E-state index is 13.2. The van der Waals surface area contributed by atoms with Crippen LogP contribution in [0.4, 0.5) is 4.39 Å². The van der Waals surface area contributed by atoms with E-state index < -0.39 is 5.82 Å². The van der Waals surface area contributed by atoms with E-state index >= 15 is 0 Å². The zero-order valence-corrected chi connectivity index (χ0v) is 14.8. The minimum atomic E-state index is -0.406. The molecule has 0 bridgehead atoms. The molecule has 0 unspecified atom stereocenters. The molecule has 1 nitrogen and oxygen atoms in total. The molecular formula is C13H9BrClFOZn. The van der Waals surface area contributed by atoms with Gasteiger partial charge in [-0.25, -0.2) is 0 Å². The molecule has 0 fully saturated rings. The molecule has 0 amide bonds. The number of ether oxygens (including phenoxy) is 1. The van der Waals surface area contributed by atoms with Gasteiger partial charge in [-0.1, -0.05) is 23.7 Å². The van der Waals surface area contributed by atoms with E-state index in [1.54, 1.807) is 24.3 Å². The Morgan fingerprint density at radius 1 is 1.22 bits per heavy atom. The minimum absolute atomic E-state index is 0.230. The summed E-state index contributed by atoms with van der Waals surface area (Å²) in [4.78, 5) is 0. The van der Waals surface area contributed by atoms with Crippen molar-refractivity contribution in [1.29, 1.82) is 0 Å². The Kier molecular flexibility index (Phi) is 7.49. The van der Waals surface area contributed by atoms with Gasteiger partial charge in [0.05, 0.1) is 0 Å². The third-order valence-corrected chi connectivity index (χ3v) is 2.34.